The average molecular weight is 1860 g/mol. The molecule has 0 aliphatic carbocycles. The maximum absolute atomic E-state index is 15.7. The number of aromatic amines is 1. The molecule has 2 heterocycles. The SMILES string of the molecule is CCCC[C@H]1C(=O)NCC(=O)N[C@@H](CC(O)=P)C(=O)N[C@@H](C(C)C)C(=O)N[C@@H](Cc2ccccc2)C(=O)N[C@@H](Cc2ccc(O)cc2)C(=O)N(C)[C@@H](CCC(=O)O)C(=O)N[C@@H](Cc2c[nH]c3ccccc23)C(=O)N[C@@H](Cc2ccc(O)cc2)C(=O)N[C@@H](CC(C)C)C(=O)N[C@H](C(=O)NCC(N)=O)CSCC(=O)N[C@@H](Cc2ccccc2)C(=O)N(C)[C@@H](Cc2ccccc2)C(=O)N1C. The van der Waals surface area contributed by atoms with E-state index in [-0.39, 0.29) is 56.4 Å². The number of carbonyl (C=O) groups is 16. The number of H-pyrrole nitrogens is 1. The zero-order chi connectivity index (χ0) is 96.4. The fourth-order valence-corrected chi connectivity index (χ4v) is 16.1. The molecule has 18 N–H and O–H groups in total. The van der Waals surface area contributed by atoms with Crippen LogP contribution in [-0.2, 0) is 115 Å². The molecule has 132 heavy (non-hydrogen) atoms. The molecule has 7 aromatic rings. The molecule has 0 radical (unpaired) electrons. The van der Waals surface area contributed by atoms with Gasteiger partial charge in [0, 0.05) is 95.4 Å². The normalized spacial score (nSPS) is 22.1. The molecule has 1 aromatic heterocycles. The Bertz CT molecular complexity index is 5190. The Kier molecular flexibility index (Phi) is 40.2. The van der Waals surface area contributed by atoms with Crippen molar-refractivity contribution in [2.24, 2.45) is 17.6 Å². The van der Waals surface area contributed by atoms with E-state index in [0.717, 1.165) is 28.6 Å². The molecule has 1 aliphatic heterocycles. The molecular formula is C94H119N16O20PS. The summed E-state index contributed by atoms with van der Waals surface area (Å²) in [5.41, 5.74) is 8.29. The van der Waals surface area contributed by atoms with Crippen LogP contribution in [0.3, 0.4) is 0 Å². The molecule has 8 rings (SSSR count). The largest absolute Gasteiger partial charge is 0.508 e. The number of aromatic hydroxyl groups is 2. The van der Waals surface area contributed by atoms with E-state index in [1.54, 1.807) is 149 Å². The van der Waals surface area contributed by atoms with Crippen LogP contribution in [0, 0.1) is 11.8 Å². The minimum Gasteiger partial charge on any atom is -0.508 e. The van der Waals surface area contributed by atoms with Crippen LogP contribution < -0.4 is 64.2 Å². The van der Waals surface area contributed by atoms with Crippen LogP contribution in [0.25, 0.3) is 10.9 Å². The van der Waals surface area contributed by atoms with Crippen molar-refractivity contribution in [3.05, 3.63) is 203 Å². The topological polar surface area (TPSA) is 538 Å². The van der Waals surface area contributed by atoms with Gasteiger partial charge in [0.2, 0.25) is 88.6 Å². The second kappa shape index (κ2) is 51.2. The summed E-state index contributed by atoms with van der Waals surface area (Å²) in [5.74, 6) is -18.0. The first-order chi connectivity index (χ1) is 62.9. The van der Waals surface area contributed by atoms with Gasteiger partial charge in [-0.3, -0.25) is 76.7 Å². The highest BCUT2D eigenvalue weighted by atomic mass is 32.2. The van der Waals surface area contributed by atoms with Crippen LogP contribution in [0.1, 0.15) is 113 Å². The number of amides is 15. The van der Waals surface area contributed by atoms with E-state index in [1.807, 2.05) is 6.92 Å². The van der Waals surface area contributed by atoms with E-state index in [9.17, 15) is 54.0 Å². The number of para-hydroxylation sites is 1. The summed E-state index contributed by atoms with van der Waals surface area (Å²) in [7, 11) is 6.91. The number of aliphatic carboxylic acids is 1. The number of hydrogen-bond donors (Lipinski definition) is 17. The Morgan fingerprint density at radius 1 is 0.477 bits per heavy atom. The lowest BCUT2D eigenvalue weighted by Gasteiger charge is -2.36. The Morgan fingerprint density at radius 3 is 1.44 bits per heavy atom. The number of primary amides is 1. The minimum atomic E-state index is -1.81. The quantitative estimate of drug-likeness (QED) is 0.0346. The predicted molar refractivity (Wildman–Crippen MR) is 496 cm³/mol. The van der Waals surface area contributed by atoms with Gasteiger partial charge in [-0.1, -0.05) is 190 Å². The summed E-state index contributed by atoms with van der Waals surface area (Å²) in [6, 6.07) is 24.6. The second-order valence-electron chi connectivity index (χ2n) is 33.4. The highest BCUT2D eigenvalue weighted by Crippen LogP contribution is 2.25. The molecule has 0 spiro atoms. The van der Waals surface area contributed by atoms with Crippen molar-refractivity contribution in [1.82, 2.24) is 78.2 Å². The Balaban J connectivity index is 1.23. The summed E-state index contributed by atoms with van der Waals surface area (Å²) in [6.45, 7) is 6.90. The van der Waals surface area contributed by atoms with E-state index in [0.29, 0.717) is 57.1 Å². The molecule has 12 atom stereocenters. The fraction of sp³-hybridized carbons (Fsp3) is 0.415. The van der Waals surface area contributed by atoms with Crippen LogP contribution in [0.4, 0.5) is 0 Å². The van der Waals surface area contributed by atoms with Gasteiger partial charge in [-0.25, -0.2) is 0 Å². The Morgan fingerprint density at radius 2 is 0.917 bits per heavy atom. The third-order valence-corrected chi connectivity index (χ3v) is 23.5. The molecule has 1 aliphatic rings. The number of aliphatic hydroxyl groups excluding tert-OH is 1. The van der Waals surface area contributed by atoms with E-state index in [1.165, 1.54) is 67.5 Å². The lowest BCUT2D eigenvalue weighted by molar-refractivity contribution is -0.148. The van der Waals surface area contributed by atoms with Crippen molar-refractivity contribution in [2.45, 2.75) is 191 Å². The highest BCUT2D eigenvalue weighted by molar-refractivity contribution is 8.00. The number of phenolic OH excluding ortho intramolecular Hbond substituents is 2. The number of benzene rings is 6. The number of carboxylic acids is 1. The maximum atomic E-state index is 15.7. The molecule has 38 heteroatoms. The number of nitrogens with one attached hydrogen (secondary N) is 12. The van der Waals surface area contributed by atoms with Crippen molar-refractivity contribution in [3.63, 3.8) is 0 Å². The van der Waals surface area contributed by atoms with Gasteiger partial charge in [-0.15, -0.1) is 11.8 Å². The first-order valence-corrected chi connectivity index (χ1v) is 45.2. The van der Waals surface area contributed by atoms with E-state index in [2.05, 4.69) is 72.3 Å². The number of aliphatic hydroxyl groups is 1. The number of phenols is 2. The molecular weight excluding hydrogens is 1740 g/mol. The Labute approximate surface area is 771 Å². The highest BCUT2D eigenvalue weighted by Gasteiger charge is 2.42. The zero-order valence-corrected chi connectivity index (χ0v) is 76.7. The van der Waals surface area contributed by atoms with Gasteiger partial charge >= 0.3 is 5.97 Å². The van der Waals surface area contributed by atoms with Crippen molar-refractivity contribution in [3.8, 4) is 11.5 Å². The number of aromatic nitrogens is 1. The van der Waals surface area contributed by atoms with E-state index >= 15 is 43.2 Å². The number of rotatable bonds is 26. The van der Waals surface area contributed by atoms with Crippen LogP contribution in [0.2, 0.25) is 0 Å². The summed E-state index contributed by atoms with van der Waals surface area (Å²) in [5, 5.41) is 71.6. The average Bonchev–Trinajstić information content (AvgIpc) is 0.985. The molecule has 1 fully saturated rings. The molecule has 15 amide bonds. The number of fused-ring (bicyclic) bond motifs is 1. The van der Waals surface area contributed by atoms with Gasteiger partial charge in [-0.05, 0) is 94.8 Å². The monoisotopic (exact) mass is 1850 g/mol. The third-order valence-electron chi connectivity index (χ3n) is 22.3. The number of nitrogens with two attached hydrogens (primary N) is 1. The minimum absolute atomic E-state index is 0.0359. The summed E-state index contributed by atoms with van der Waals surface area (Å²) in [4.78, 5) is 242. The smallest absolute Gasteiger partial charge is 0.303 e. The lowest BCUT2D eigenvalue weighted by Crippen LogP contribution is -2.62. The molecule has 1 saturated heterocycles. The molecule has 6 aromatic carbocycles. The van der Waals surface area contributed by atoms with Gasteiger partial charge < -0.3 is 104 Å². The molecule has 0 bridgehead atoms. The number of unbranched alkanes of at least 4 members (excludes halogenated alkanes) is 1. The third kappa shape index (κ3) is 32.2. The van der Waals surface area contributed by atoms with E-state index < -0.39 is 235 Å². The van der Waals surface area contributed by atoms with Crippen molar-refractivity contribution in [2.75, 3.05) is 45.7 Å². The van der Waals surface area contributed by atoms with Crippen LogP contribution in [0.15, 0.2) is 170 Å². The zero-order valence-electron chi connectivity index (χ0n) is 74.9. The summed E-state index contributed by atoms with van der Waals surface area (Å²) >= 11 is 0.815. The maximum Gasteiger partial charge on any atom is 0.303 e. The standard InChI is InChI=1S/C94H119N16O20PS/c1-9-10-30-74-89(125)98-51-78(114)99-70(48-81(118)131)88(124)107-82(55(4)5)91(127)104-68(42-56-22-14-11-15-23-56)86(122)105-72(45-60-33-37-63(112)38-34-60)93(129)108(6)75(39-40-80(116)117)90(126)103-69(47-61-49-96-65-29-21-20-28-64(61)65)87(123)102-67(43-59-31-35-62(111)36-32-59)85(121)101-66(41-54(2)3)84(120)106-73(83(119)97-50-77(95)113)52-132-53-79(115)100-71(44-57-24-16-12-17-25-57)92(128)110(8)76(94(130)109(74)7)46-58-26-18-13-19-27-58/h11-29,31-38,49,54-55,66-76,82,96,111-112,118,131H,9-10,30,39-48,50-53H2,1-8H3,(H2,95,113)(H,97,119)(H,98,125)(H,99,114)(H,100,115)(H,101,121)(H,102,123)(H,103,126)(H,104,127)(H,105,122)(H,106,120)(H,107,124)(H,116,117)/t66-,67-,68-,69-,70-,71-,72-,73-,74-,75-,76-,82-/m0/s1. The Hall–Kier alpha value is -13.5. The van der Waals surface area contributed by atoms with Gasteiger partial charge in [0.25, 0.3) is 0 Å². The first kappa shape index (κ1) is 104. The molecule has 706 valence electrons. The number of carbonyl (C=O) groups excluding carboxylic acids is 15. The van der Waals surface area contributed by atoms with Crippen LogP contribution in [-0.4, -0.2) is 258 Å². The van der Waals surface area contributed by atoms with Gasteiger partial charge in [-0.2, -0.15) is 0 Å². The van der Waals surface area contributed by atoms with Crippen LogP contribution >= 0.6 is 20.6 Å². The molecule has 0 unspecified atom stereocenters. The van der Waals surface area contributed by atoms with Gasteiger partial charge in [0.1, 0.15) is 84.0 Å². The van der Waals surface area contributed by atoms with Crippen molar-refractivity contribution >= 4 is 132 Å². The second-order valence-corrected chi connectivity index (χ2v) is 35.0. The van der Waals surface area contributed by atoms with Crippen molar-refractivity contribution in [1.29, 1.82) is 0 Å². The first-order valence-electron chi connectivity index (χ1n) is 43.5. The van der Waals surface area contributed by atoms with Gasteiger partial charge in [0.05, 0.1) is 24.3 Å². The van der Waals surface area contributed by atoms with Crippen LogP contribution in [0.5, 0.6) is 11.5 Å². The summed E-state index contributed by atoms with van der Waals surface area (Å²) < 4.78 is 0. The predicted octanol–water partition coefficient (Wildman–Crippen LogP) is 2.44. The molecule has 36 nitrogen and oxygen atoms in total. The molecule has 0 saturated carbocycles. The summed E-state index contributed by atoms with van der Waals surface area (Å²) in [6.07, 6.45) is -1.27. The lowest BCUT2D eigenvalue weighted by atomic mass is 9.98. The van der Waals surface area contributed by atoms with E-state index in [4.69, 9.17) is 5.73 Å². The number of thioether (sulfide) groups is 1. The number of hydrogen-bond acceptors (Lipinski definition) is 19. The fourth-order valence-electron chi connectivity index (χ4n) is 15.1. The number of likely N-dealkylation sites (N-methyl/N-ethyl adjacent to an activating group) is 3. The van der Waals surface area contributed by atoms with Crippen molar-refractivity contribution < 1.29 is 97.1 Å². The van der Waals surface area contributed by atoms with Gasteiger partial charge in [0.15, 0.2) is 0 Å². The number of nitrogens with zero attached hydrogens (tertiary/aromatic N) is 3. The number of carboxylic acid groups (broad SMARTS) is 1.